The Bertz CT molecular complexity index is 315. The summed E-state index contributed by atoms with van der Waals surface area (Å²) in [5.74, 6) is 0.0224. The molecule has 0 aliphatic carbocycles. The predicted molar refractivity (Wildman–Crippen MR) is 60.7 cm³/mol. The first-order valence-electron chi connectivity index (χ1n) is 4.18. The minimum atomic E-state index is 0. The van der Waals surface area contributed by atoms with Gasteiger partial charge in [-0.25, -0.2) is 0 Å². The quantitative estimate of drug-likeness (QED) is 0.812. The maximum Gasteiger partial charge on any atom is 0.223 e. The second kappa shape index (κ2) is 5.62. The van der Waals surface area contributed by atoms with E-state index in [9.17, 15) is 4.79 Å². The minimum Gasteiger partial charge on any atom is -0.326 e. The van der Waals surface area contributed by atoms with Gasteiger partial charge in [0.2, 0.25) is 5.91 Å². The first-order valence-corrected chi connectivity index (χ1v) is 4.18. The van der Waals surface area contributed by atoms with E-state index in [-0.39, 0.29) is 18.3 Å². The summed E-state index contributed by atoms with van der Waals surface area (Å²) < 4.78 is 0. The Morgan fingerprint density at radius 2 is 2.14 bits per heavy atom. The molecule has 0 aromatic heterocycles. The van der Waals surface area contributed by atoms with Crippen molar-refractivity contribution in [3.63, 3.8) is 0 Å². The van der Waals surface area contributed by atoms with Crippen molar-refractivity contribution in [2.45, 2.75) is 13.5 Å². The molecule has 0 radical (unpaired) electrons. The van der Waals surface area contributed by atoms with Crippen LogP contribution in [0.15, 0.2) is 24.3 Å². The zero-order valence-electron chi connectivity index (χ0n) is 8.36. The average molecular weight is 215 g/mol. The molecule has 0 fully saturated rings. The van der Waals surface area contributed by atoms with Crippen molar-refractivity contribution in [3.8, 4) is 0 Å². The average Bonchev–Trinajstić information content (AvgIpc) is 2.16. The van der Waals surface area contributed by atoms with Gasteiger partial charge in [0, 0.05) is 26.2 Å². The van der Waals surface area contributed by atoms with Gasteiger partial charge < -0.3 is 10.6 Å². The Morgan fingerprint density at radius 3 is 2.64 bits per heavy atom. The number of hydrogen-bond donors (Lipinski definition) is 1. The SMILES string of the molecule is CC(=O)N(C)c1cccc(CN)c1.Cl. The molecule has 0 saturated carbocycles. The first-order chi connectivity index (χ1) is 6.15. The summed E-state index contributed by atoms with van der Waals surface area (Å²) >= 11 is 0. The van der Waals surface area contributed by atoms with E-state index in [0.717, 1.165) is 11.3 Å². The lowest BCUT2D eigenvalue weighted by Gasteiger charge is -2.15. The predicted octanol–water partition coefficient (Wildman–Crippen LogP) is 1.55. The monoisotopic (exact) mass is 214 g/mol. The third kappa shape index (κ3) is 3.01. The van der Waals surface area contributed by atoms with Gasteiger partial charge in [-0.15, -0.1) is 12.4 Å². The lowest BCUT2D eigenvalue weighted by molar-refractivity contribution is -0.116. The van der Waals surface area contributed by atoms with Crippen LogP contribution in [0.3, 0.4) is 0 Å². The largest absolute Gasteiger partial charge is 0.326 e. The molecule has 0 aliphatic heterocycles. The number of nitrogens with two attached hydrogens (primary N) is 1. The van der Waals surface area contributed by atoms with Crippen LogP contribution in [-0.4, -0.2) is 13.0 Å². The number of rotatable bonds is 2. The van der Waals surface area contributed by atoms with Crippen molar-refractivity contribution in [3.05, 3.63) is 29.8 Å². The highest BCUT2D eigenvalue weighted by Gasteiger charge is 2.04. The third-order valence-corrected chi connectivity index (χ3v) is 2.01. The summed E-state index contributed by atoms with van der Waals surface area (Å²) in [5, 5.41) is 0. The zero-order valence-corrected chi connectivity index (χ0v) is 9.17. The Hall–Kier alpha value is -1.06. The second-order valence-corrected chi connectivity index (χ2v) is 2.95. The molecular weight excluding hydrogens is 200 g/mol. The summed E-state index contributed by atoms with van der Waals surface area (Å²) in [5.41, 5.74) is 7.41. The second-order valence-electron chi connectivity index (χ2n) is 2.95. The summed E-state index contributed by atoms with van der Waals surface area (Å²) in [7, 11) is 1.75. The lowest BCUT2D eigenvalue weighted by atomic mass is 10.2. The van der Waals surface area contributed by atoms with Gasteiger partial charge in [-0.3, -0.25) is 4.79 Å². The van der Waals surface area contributed by atoms with E-state index < -0.39 is 0 Å². The first kappa shape index (κ1) is 12.9. The molecule has 0 saturated heterocycles. The van der Waals surface area contributed by atoms with E-state index in [1.54, 1.807) is 11.9 Å². The number of amides is 1. The number of hydrogen-bond acceptors (Lipinski definition) is 2. The van der Waals surface area contributed by atoms with Crippen molar-refractivity contribution in [2.24, 2.45) is 5.73 Å². The number of carbonyl (C=O) groups excluding carboxylic acids is 1. The summed E-state index contributed by atoms with van der Waals surface area (Å²) in [6.07, 6.45) is 0. The highest BCUT2D eigenvalue weighted by atomic mass is 35.5. The van der Waals surface area contributed by atoms with Crippen molar-refractivity contribution in [1.82, 2.24) is 0 Å². The van der Waals surface area contributed by atoms with Crippen LogP contribution in [0.25, 0.3) is 0 Å². The van der Waals surface area contributed by atoms with Crippen LogP contribution in [0, 0.1) is 0 Å². The molecule has 0 spiro atoms. The third-order valence-electron chi connectivity index (χ3n) is 2.01. The molecule has 1 aromatic carbocycles. The summed E-state index contributed by atoms with van der Waals surface area (Å²) in [4.78, 5) is 12.6. The van der Waals surface area contributed by atoms with Gasteiger partial charge in [0.1, 0.15) is 0 Å². The highest BCUT2D eigenvalue weighted by Crippen LogP contribution is 2.14. The highest BCUT2D eigenvalue weighted by molar-refractivity contribution is 5.90. The Morgan fingerprint density at radius 1 is 1.50 bits per heavy atom. The van der Waals surface area contributed by atoms with E-state index in [4.69, 9.17) is 5.73 Å². The number of anilines is 1. The van der Waals surface area contributed by atoms with Crippen LogP contribution in [0.2, 0.25) is 0 Å². The molecular formula is C10H15ClN2O. The molecule has 0 aliphatic rings. The molecule has 78 valence electrons. The standard InChI is InChI=1S/C10H14N2O.ClH/c1-8(13)12(2)10-5-3-4-9(6-10)7-11;/h3-6H,7,11H2,1-2H3;1H. The normalized spacial score (nSPS) is 9.07. The molecule has 0 heterocycles. The Kier molecular flexibility index (Phi) is 5.20. The fraction of sp³-hybridized carbons (Fsp3) is 0.300. The number of halogens is 1. The fourth-order valence-electron chi connectivity index (χ4n) is 1.07. The number of carbonyl (C=O) groups is 1. The van der Waals surface area contributed by atoms with Crippen LogP contribution < -0.4 is 10.6 Å². The maximum atomic E-state index is 11.0. The number of nitrogens with zero attached hydrogens (tertiary/aromatic N) is 1. The van der Waals surface area contributed by atoms with Gasteiger partial charge in [0.15, 0.2) is 0 Å². The molecule has 0 bridgehead atoms. The van der Waals surface area contributed by atoms with Crippen LogP contribution in [-0.2, 0) is 11.3 Å². The fourth-order valence-corrected chi connectivity index (χ4v) is 1.07. The van der Waals surface area contributed by atoms with Crippen molar-refractivity contribution in [1.29, 1.82) is 0 Å². The van der Waals surface area contributed by atoms with Crippen molar-refractivity contribution >= 4 is 24.0 Å². The zero-order chi connectivity index (χ0) is 9.84. The topological polar surface area (TPSA) is 46.3 Å². The molecule has 4 heteroatoms. The van der Waals surface area contributed by atoms with E-state index >= 15 is 0 Å². The molecule has 1 rings (SSSR count). The van der Waals surface area contributed by atoms with Crippen LogP contribution in [0.5, 0.6) is 0 Å². The summed E-state index contributed by atoms with van der Waals surface area (Å²) in [6.45, 7) is 2.04. The molecule has 14 heavy (non-hydrogen) atoms. The van der Waals surface area contributed by atoms with E-state index in [2.05, 4.69) is 0 Å². The van der Waals surface area contributed by atoms with Gasteiger partial charge >= 0.3 is 0 Å². The van der Waals surface area contributed by atoms with Gasteiger partial charge in [-0.2, -0.15) is 0 Å². The Labute approximate surface area is 90.3 Å². The van der Waals surface area contributed by atoms with Crippen molar-refractivity contribution in [2.75, 3.05) is 11.9 Å². The van der Waals surface area contributed by atoms with E-state index in [1.165, 1.54) is 6.92 Å². The van der Waals surface area contributed by atoms with Gasteiger partial charge in [0.25, 0.3) is 0 Å². The summed E-state index contributed by atoms with van der Waals surface area (Å²) in [6, 6.07) is 7.65. The Balaban J connectivity index is 0.00000169. The van der Waals surface area contributed by atoms with Crippen LogP contribution in [0.1, 0.15) is 12.5 Å². The molecule has 0 atom stereocenters. The van der Waals surface area contributed by atoms with Crippen LogP contribution >= 0.6 is 12.4 Å². The molecule has 3 nitrogen and oxygen atoms in total. The van der Waals surface area contributed by atoms with E-state index in [1.807, 2.05) is 24.3 Å². The van der Waals surface area contributed by atoms with E-state index in [0.29, 0.717) is 6.54 Å². The smallest absolute Gasteiger partial charge is 0.223 e. The molecule has 2 N–H and O–H groups in total. The van der Waals surface area contributed by atoms with Gasteiger partial charge in [-0.1, -0.05) is 12.1 Å². The molecule has 1 amide bonds. The minimum absolute atomic E-state index is 0. The van der Waals surface area contributed by atoms with Crippen molar-refractivity contribution < 1.29 is 4.79 Å². The maximum absolute atomic E-state index is 11.0. The molecule has 1 aromatic rings. The number of benzene rings is 1. The van der Waals surface area contributed by atoms with Gasteiger partial charge in [0.05, 0.1) is 0 Å². The lowest BCUT2D eigenvalue weighted by Crippen LogP contribution is -2.22. The van der Waals surface area contributed by atoms with Crippen LogP contribution in [0.4, 0.5) is 5.69 Å². The molecule has 0 unspecified atom stereocenters. The van der Waals surface area contributed by atoms with Gasteiger partial charge in [-0.05, 0) is 17.7 Å².